The average molecular weight is 142 g/mol. The Kier molecular flexibility index (Phi) is 2.23. The largest absolute Gasteiger partial charge is 0.0894 e. The number of hydrogen-bond acceptors (Lipinski definition) is 1. The van der Waals surface area contributed by atoms with Crippen molar-refractivity contribution in [2.45, 2.75) is 33.1 Å². The van der Waals surface area contributed by atoms with Crippen LogP contribution in [0, 0.1) is 11.8 Å². The zero-order valence-electron chi connectivity index (χ0n) is 6.18. The van der Waals surface area contributed by atoms with Gasteiger partial charge >= 0.3 is 0 Å². The quantitative estimate of drug-likeness (QED) is 0.507. The van der Waals surface area contributed by atoms with Crippen molar-refractivity contribution in [3.8, 4) is 0 Å². The second-order valence-corrected chi connectivity index (χ2v) is 3.49. The highest BCUT2D eigenvalue weighted by atomic mass is 32.1. The third-order valence-electron chi connectivity index (χ3n) is 2.50. The van der Waals surface area contributed by atoms with Gasteiger partial charge in [0, 0.05) is 0 Å². The third-order valence-corrected chi connectivity index (χ3v) is 3.08. The molecule has 2 unspecified atom stereocenters. The molecule has 0 amide bonds. The van der Waals surface area contributed by atoms with Gasteiger partial charge in [0.25, 0.3) is 0 Å². The fourth-order valence-electron chi connectivity index (χ4n) is 1.63. The van der Waals surface area contributed by atoms with Gasteiger partial charge in [-0.1, -0.05) is 32.5 Å². The van der Waals surface area contributed by atoms with Crippen molar-refractivity contribution in [2.75, 3.05) is 0 Å². The summed E-state index contributed by atoms with van der Waals surface area (Å²) in [5, 5.41) is 0. The Morgan fingerprint density at radius 3 is 2.56 bits per heavy atom. The second-order valence-electron chi connectivity index (χ2n) is 2.96. The first-order chi connectivity index (χ1) is 4.25. The molecule has 2 atom stereocenters. The van der Waals surface area contributed by atoms with Crippen molar-refractivity contribution in [1.82, 2.24) is 0 Å². The Hall–Kier alpha value is 0.0900. The summed E-state index contributed by atoms with van der Waals surface area (Å²) in [7, 11) is 0. The van der Waals surface area contributed by atoms with E-state index in [4.69, 9.17) is 12.2 Å². The molecule has 1 aliphatic carbocycles. The van der Waals surface area contributed by atoms with E-state index in [1.165, 1.54) is 24.1 Å². The van der Waals surface area contributed by atoms with Crippen LogP contribution in [0.15, 0.2) is 0 Å². The normalized spacial score (nSPS) is 35.6. The summed E-state index contributed by atoms with van der Waals surface area (Å²) in [6.45, 7) is 4.53. The predicted molar refractivity (Wildman–Crippen MR) is 44.8 cm³/mol. The molecule has 0 aliphatic heterocycles. The molecule has 0 aromatic heterocycles. The first-order valence-electron chi connectivity index (χ1n) is 3.78. The highest BCUT2D eigenvalue weighted by Gasteiger charge is 2.25. The molecule has 0 N–H and O–H groups in total. The zero-order valence-corrected chi connectivity index (χ0v) is 7.00. The van der Waals surface area contributed by atoms with Gasteiger partial charge in [-0.3, -0.25) is 0 Å². The Balaban J connectivity index is 2.51. The van der Waals surface area contributed by atoms with Gasteiger partial charge in [0.2, 0.25) is 0 Å². The van der Waals surface area contributed by atoms with Crippen LogP contribution in [0.5, 0.6) is 0 Å². The number of thiocarbonyl (C=S) groups is 1. The van der Waals surface area contributed by atoms with E-state index in [1.807, 2.05) is 0 Å². The summed E-state index contributed by atoms with van der Waals surface area (Å²) in [6.07, 6.45) is 3.85. The van der Waals surface area contributed by atoms with E-state index in [-0.39, 0.29) is 0 Å². The lowest BCUT2D eigenvalue weighted by Crippen LogP contribution is -2.07. The maximum atomic E-state index is 5.19. The van der Waals surface area contributed by atoms with Crippen LogP contribution in [0.2, 0.25) is 0 Å². The molecule has 9 heavy (non-hydrogen) atoms. The van der Waals surface area contributed by atoms with Gasteiger partial charge in [-0.25, -0.2) is 0 Å². The van der Waals surface area contributed by atoms with Crippen LogP contribution in [0.25, 0.3) is 0 Å². The van der Waals surface area contributed by atoms with Crippen molar-refractivity contribution >= 4 is 17.1 Å². The van der Waals surface area contributed by atoms with E-state index in [9.17, 15) is 0 Å². The van der Waals surface area contributed by atoms with Crippen molar-refractivity contribution in [3.63, 3.8) is 0 Å². The Bertz CT molecular complexity index is 118. The van der Waals surface area contributed by atoms with Gasteiger partial charge < -0.3 is 0 Å². The minimum atomic E-state index is 0.727. The Morgan fingerprint density at radius 2 is 2.33 bits per heavy atom. The van der Waals surface area contributed by atoms with Crippen LogP contribution in [-0.2, 0) is 0 Å². The molecule has 0 radical (unpaired) electrons. The Morgan fingerprint density at radius 1 is 1.67 bits per heavy atom. The molecule has 1 saturated carbocycles. The highest BCUT2D eigenvalue weighted by molar-refractivity contribution is 7.80. The molecule has 0 nitrogen and oxygen atoms in total. The molecule has 52 valence electrons. The van der Waals surface area contributed by atoms with E-state index in [0.29, 0.717) is 0 Å². The number of rotatable bonds is 1. The van der Waals surface area contributed by atoms with Crippen LogP contribution >= 0.6 is 12.2 Å². The molecular formula is C8H14S. The van der Waals surface area contributed by atoms with Crippen LogP contribution in [-0.4, -0.2) is 4.86 Å². The zero-order chi connectivity index (χ0) is 6.85. The first-order valence-corrected chi connectivity index (χ1v) is 4.19. The lowest BCUT2D eigenvalue weighted by molar-refractivity contribution is 0.450. The van der Waals surface area contributed by atoms with E-state index >= 15 is 0 Å². The van der Waals surface area contributed by atoms with Gasteiger partial charge in [-0.05, 0) is 29.5 Å². The van der Waals surface area contributed by atoms with Crippen molar-refractivity contribution in [1.29, 1.82) is 0 Å². The minimum Gasteiger partial charge on any atom is -0.0894 e. The summed E-state index contributed by atoms with van der Waals surface area (Å²) in [5.41, 5.74) is 0. The fourth-order valence-corrected chi connectivity index (χ4v) is 1.94. The lowest BCUT2D eigenvalue weighted by atomic mass is 9.96. The standard InChI is InChI=1S/C8H14S/c1-3-7-4-5-8(9)6(7)2/h6-7H,3-5H2,1-2H3. The molecule has 0 spiro atoms. The van der Waals surface area contributed by atoms with E-state index in [2.05, 4.69) is 13.8 Å². The lowest BCUT2D eigenvalue weighted by Gasteiger charge is -2.10. The minimum absolute atomic E-state index is 0.727. The van der Waals surface area contributed by atoms with Crippen LogP contribution in [0.4, 0.5) is 0 Å². The Labute approximate surface area is 62.6 Å². The van der Waals surface area contributed by atoms with Crippen molar-refractivity contribution < 1.29 is 0 Å². The molecule has 0 bridgehead atoms. The van der Waals surface area contributed by atoms with E-state index in [0.717, 1.165) is 11.8 Å². The summed E-state index contributed by atoms with van der Waals surface area (Å²) in [4.78, 5) is 1.31. The molecule has 0 saturated heterocycles. The van der Waals surface area contributed by atoms with E-state index in [1.54, 1.807) is 0 Å². The van der Waals surface area contributed by atoms with Crippen molar-refractivity contribution in [2.24, 2.45) is 11.8 Å². The molecule has 1 aliphatic rings. The molecule has 0 heterocycles. The monoisotopic (exact) mass is 142 g/mol. The van der Waals surface area contributed by atoms with Crippen LogP contribution in [0.3, 0.4) is 0 Å². The van der Waals surface area contributed by atoms with Crippen LogP contribution < -0.4 is 0 Å². The van der Waals surface area contributed by atoms with Gasteiger partial charge in [-0.15, -0.1) is 0 Å². The number of hydrogen-bond donors (Lipinski definition) is 0. The topological polar surface area (TPSA) is 0 Å². The first kappa shape index (κ1) is 7.20. The summed E-state index contributed by atoms with van der Waals surface area (Å²) >= 11 is 5.19. The second kappa shape index (κ2) is 2.78. The highest BCUT2D eigenvalue weighted by Crippen LogP contribution is 2.31. The maximum absolute atomic E-state index is 5.19. The summed E-state index contributed by atoms with van der Waals surface area (Å²) in [5.74, 6) is 1.63. The van der Waals surface area contributed by atoms with Gasteiger partial charge in [0.15, 0.2) is 0 Å². The van der Waals surface area contributed by atoms with Gasteiger partial charge in [0.1, 0.15) is 0 Å². The molecule has 1 fully saturated rings. The average Bonchev–Trinajstić information content (AvgIpc) is 2.15. The van der Waals surface area contributed by atoms with Gasteiger partial charge in [0.05, 0.1) is 0 Å². The third kappa shape index (κ3) is 1.32. The molecule has 0 aromatic carbocycles. The summed E-state index contributed by atoms with van der Waals surface area (Å²) < 4.78 is 0. The SMILES string of the molecule is CCC1CCC(=S)C1C. The van der Waals surface area contributed by atoms with E-state index < -0.39 is 0 Å². The predicted octanol–water partition coefficient (Wildman–Crippen LogP) is 2.81. The molecule has 1 heteroatoms. The fraction of sp³-hybridized carbons (Fsp3) is 0.875. The maximum Gasteiger partial charge on any atom is -0.00405 e. The molecule has 0 aromatic rings. The van der Waals surface area contributed by atoms with Crippen molar-refractivity contribution in [3.05, 3.63) is 0 Å². The molecular weight excluding hydrogens is 128 g/mol. The summed E-state index contributed by atoms with van der Waals surface area (Å²) in [6, 6.07) is 0. The van der Waals surface area contributed by atoms with Gasteiger partial charge in [-0.2, -0.15) is 0 Å². The van der Waals surface area contributed by atoms with Crippen LogP contribution in [0.1, 0.15) is 33.1 Å². The molecule has 1 rings (SSSR count). The smallest absolute Gasteiger partial charge is 0.00405 e.